The summed E-state index contributed by atoms with van der Waals surface area (Å²) in [5, 5.41) is 3.41. The summed E-state index contributed by atoms with van der Waals surface area (Å²) >= 11 is 0. The van der Waals surface area contributed by atoms with Gasteiger partial charge in [-0.15, -0.1) is 0 Å². The highest BCUT2D eigenvalue weighted by Gasteiger charge is 2.26. The summed E-state index contributed by atoms with van der Waals surface area (Å²) in [6.07, 6.45) is 5.09. The third kappa shape index (κ3) is 4.37. The minimum atomic E-state index is -0.357. The Morgan fingerprint density at radius 3 is 2.64 bits per heavy atom. The highest BCUT2D eigenvalue weighted by atomic mass is 16.5. The third-order valence-corrected chi connectivity index (χ3v) is 4.59. The molecular weight excluding hydrogens is 314 g/mol. The van der Waals surface area contributed by atoms with Crippen molar-refractivity contribution in [3.63, 3.8) is 0 Å². The maximum atomic E-state index is 13.1. The van der Waals surface area contributed by atoms with Crippen molar-refractivity contribution >= 4 is 5.91 Å². The standard InChI is InChI=1S/C20H25N3O2/c1-25-19-17(11-8-12-21-19)15-22-18(16-9-4-2-5-10-16)20(24)23-13-6-3-7-14-23/h2,4-5,8-12,18,22H,3,6-7,13-15H2,1H3. The van der Waals surface area contributed by atoms with Gasteiger partial charge in [0.05, 0.1) is 7.11 Å². The molecule has 0 bridgehead atoms. The number of ether oxygens (including phenoxy) is 1. The van der Waals surface area contributed by atoms with E-state index in [4.69, 9.17) is 4.74 Å². The van der Waals surface area contributed by atoms with E-state index in [1.807, 2.05) is 47.4 Å². The first-order valence-electron chi connectivity index (χ1n) is 8.84. The van der Waals surface area contributed by atoms with E-state index >= 15 is 0 Å². The molecule has 3 rings (SSSR count). The zero-order chi connectivity index (χ0) is 17.5. The van der Waals surface area contributed by atoms with Crippen molar-refractivity contribution in [3.05, 3.63) is 59.8 Å². The third-order valence-electron chi connectivity index (χ3n) is 4.59. The average Bonchev–Trinajstić information content (AvgIpc) is 2.70. The molecule has 5 heteroatoms. The summed E-state index contributed by atoms with van der Waals surface area (Å²) in [6, 6.07) is 13.4. The summed E-state index contributed by atoms with van der Waals surface area (Å²) < 4.78 is 5.31. The van der Waals surface area contributed by atoms with Crippen molar-refractivity contribution in [3.8, 4) is 5.88 Å². The number of aromatic nitrogens is 1. The number of carbonyl (C=O) groups is 1. The van der Waals surface area contributed by atoms with Gasteiger partial charge in [-0.05, 0) is 30.9 Å². The molecule has 0 aliphatic carbocycles. The Kier molecular flexibility index (Phi) is 6.01. The van der Waals surface area contributed by atoms with Crippen LogP contribution in [-0.4, -0.2) is 36.0 Å². The van der Waals surface area contributed by atoms with Crippen molar-refractivity contribution in [1.29, 1.82) is 0 Å². The zero-order valence-electron chi connectivity index (χ0n) is 14.6. The van der Waals surface area contributed by atoms with Crippen LogP contribution in [0.3, 0.4) is 0 Å². The quantitative estimate of drug-likeness (QED) is 0.879. The summed E-state index contributed by atoms with van der Waals surface area (Å²) in [4.78, 5) is 19.3. The van der Waals surface area contributed by atoms with E-state index in [2.05, 4.69) is 10.3 Å². The summed E-state index contributed by atoms with van der Waals surface area (Å²) in [5.74, 6) is 0.737. The molecule has 0 radical (unpaired) electrons. The van der Waals surface area contributed by atoms with E-state index < -0.39 is 0 Å². The van der Waals surface area contributed by atoms with Crippen LogP contribution in [0.2, 0.25) is 0 Å². The second-order valence-electron chi connectivity index (χ2n) is 6.28. The summed E-state index contributed by atoms with van der Waals surface area (Å²) in [7, 11) is 1.61. The average molecular weight is 339 g/mol. The van der Waals surface area contributed by atoms with Gasteiger partial charge >= 0.3 is 0 Å². The van der Waals surface area contributed by atoms with Gasteiger partial charge in [-0.2, -0.15) is 0 Å². The Morgan fingerprint density at radius 2 is 1.92 bits per heavy atom. The van der Waals surface area contributed by atoms with Crippen molar-refractivity contribution in [2.45, 2.75) is 31.8 Å². The lowest BCUT2D eigenvalue weighted by atomic mass is 10.0. The van der Waals surface area contributed by atoms with Crippen LogP contribution in [0.15, 0.2) is 48.7 Å². The fourth-order valence-electron chi connectivity index (χ4n) is 3.24. The van der Waals surface area contributed by atoms with Gasteiger partial charge in [-0.25, -0.2) is 4.98 Å². The van der Waals surface area contributed by atoms with Crippen molar-refractivity contribution in [2.24, 2.45) is 0 Å². The lowest BCUT2D eigenvalue weighted by molar-refractivity contribution is -0.134. The molecule has 1 unspecified atom stereocenters. The molecule has 1 aliphatic heterocycles. The Hall–Kier alpha value is -2.40. The molecule has 132 valence electrons. The van der Waals surface area contributed by atoms with E-state index in [9.17, 15) is 4.79 Å². The van der Waals surface area contributed by atoms with Crippen molar-refractivity contribution in [1.82, 2.24) is 15.2 Å². The van der Waals surface area contributed by atoms with Gasteiger partial charge in [0.1, 0.15) is 6.04 Å². The minimum absolute atomic E-state index is 0.147. The largest absolute Gasteiger partial charge is 0.481 e. The fraction of sp³-hybridized carbons (Fsp3) is 0.400. The number of likely N-dealkylation sites (tertiary alicyclic amines) is 1. The van der Waals surface area contributed by atoms with Gasteiger partial charge in [0.15, 0.2) is 0 Å². The molecule has 2 heterocycles. The number of nitrogens with one attached hydrogen (secondary N) is 1. The van der Waals surface area contributed by atoms with Crippen LogP contribution in [0.25, 0.3) is 0 Å². The van der Waals surface area contributed by atoms with Crippen LogP contribution in [-0.2, 0) is 11.3 Å². The zero-order valence-corrected chi connectivity index (χ0v) is 14.6. The number of carbonyl (C=O) groups excluding carboxylic acids is 1. The predicted octanol–water partition coefficient (Wildman–Crippen LogP) is 2.93. The number of piperidine rings is 1. The van der Waals surface area contributed by atoms with Gasteiger partial charge in [0.2, 0.25) is 11.8 Å². The molecule has 2 aromatic rings. The molecule has 1 atom stereocenters. The van der Waals surface area contributed by atoms with Crippen LogP contribution in [0.1, 0.15) is 36.4 Å². The molecule has 25 heavy (non-hydrogen) atoms. The van der Waals surface area contributed by atoms with Crippen LogP contribution in [0.5, 0.6) is 5.88 Å². The van der Waals surface area contributed by atoms with Gasteiger partial charge in [0.25, 0.3) is 0 Å². The molecule has 5 nitrogen and oxygen atoms in total. The fourth-order valence-corrected chi connectivity index (χ4v) is 3.24. The summed E-state index contributed by atoms with van der Waals surface area (Å²) in [6.45, 7) is 2.22. The van der Waals surface area contributed by atoms with E-state index in [1.54, 1.807) is 13.3 Å². The number of hydrogen-bond donors (Lipinski definition) is 1. The second-order valence-corrected chi connectivity index (χ2v) is 6.28. The topological polar surface area (TPSA) is 54.5 Å². The molecular formula is C20H25N3O2. The number of hydrogen-bond acceptors (Lipinski definition) is 4. The number of benzene rings is 1. The number of rotatable bonds is 6. The molecule has 1 aliphatic rings. The molecule has 1 aromatic heterocycles. The summed E-state index contributed by atoms with van der Waals surface area (Å²) in [5.41, 5.74) is 1.93. The first-order chi connectivity index (χ1) is 12.3. The maximum Gasteiger partial charge on any atom is 0.244 e. The smallest absolute Gasteiger partial charge is 0.244 e. The van der Waals surface area contributed by atoms with Gasteiger partial charge < -0.3 is 9.64 Å². The van der Waals surface area contributed by atoms with Gasteiger partial charge in [0, 0.05) is 31.4 Å². The first-order valence-corrected chi connectivity index (χ1v) is 8.84. The van der Waals surface area contributed by atoms with Crippen LogP contribution in [0, 0.1) is 0 Å². The number of amides is 1. The van der Waals surface area contributed by atoms with E-state index in [0.29, 0.717) is 12.4 Å². The van der Waals surface area contributed by atoms with Crippen molar-refractivity contribution < 1.29 is 9.53 Å². The Labute approximate surface area is 149 Å². The number of pyridine rings is 1. The Balaban J connectivity index is 1.78. The predicted molar refractivity (Wildman–Crippen MR) is 97.2 cm³/mol. The monoisotopic (exact) mass is 339 g/mol. The molecule has 0 saturated carbocycles. The highest BCUT2D eigenvalue weighted by Crippen LogP contribution is 2.21. The van der Waals surface area contributed by atoms with Crippen molar-refractivity contribution in [2.75, 3.05) is 20.2 Å². The van der Waals surface area contributed by atoms with E-state index in [1.165, 1.54) is 6.42 Å². The maximum absolute atomic E-state index is 13.1. The first kappa shape index (κ1) is 17.4. The van der Waals surface area contributed by atoms with Gasteiger partial charge in [-0.3, -0.25) is 10.1 Å². The lowest BCUT2D eigenvalue weighted by Gasteiger charge is -2.31. The molecule has 1 saturated heterocycles. The number of nitrogens with zero attached hydrogens (tertiary/aromatic N) is 2. The van der Waals surface area contributed by atoms with Crippen LogP contribution < -0.4 is 10.1 Å². The Bertz CT molecular complexity index is 684. The number of methoxy groups -OCH3 is 1. The normalized spacial score (nSPS) is 15.6. The van der Waals surface area contributed by atoms with E-state index in [0.717, 1.165) is 37.1 Å². The van der Waals surface area contributed by atoms with E-state index in [-0.39, 0.29) is 11.9 Å². The second kappa shape index (κ2) is 8.62. The highest BCUT2D eigenvalue weighted by molar-refractivity contribution is 5.83. The molecule has 1 N–H and O–H groups in total. The van der Waals surface area contributed by atoms with Crippen LogP contribution >= 0.6 is 0 Å². The molecule has 1 aromatic carbocycles. The molecule has 1 amide bonds. The molecule has 1 fully saturated rings. The minimum Gasteiger partial charge on any atom is -0.481 e. The SMILES string of the molecule is COc1ncccc1CNC(C(=O)N1CCCCC1)c1ccccc1. The Morgan fingerprint density at radius 1 is 1.16 bits per heavy atom. The molecule has 0 spiro atoms. The van der Waals surface area contributed by atoms with Crippen LogP contribution in [0.4, 0.5) is 0 Å². The lowest BCUT2D eigenvalue weighted by Crippen LogP contribution is -2.43. The van der Waals surface area contributed by atoms with Gasteiger partial charge in [-0.1, -0.05) is 36.4 Å².